The van der Waals surface area contributed by atoms with E-state index in [1.54, 1.807) is 23.3 Å². The highest BCUT2D eigenvalue weighted by atomic mass is 16.1. The van der Waals surface area contributed by atoms with Crippen molar-refractivity contribution in [3.8, 4) is 11.1 Å². The van der Waals surface area contributed by atoms with Gasteiger partial charge in [0.2, 0.25) is 5.95 Å². The van der Waals surface area contributed by atoms with E-state index in [2.05, 4.69) is 27.2 Å². The van der Waals surface area contributed by atoms with Crippen LogP contribution in [0.5, 0.6) is 0 Å². The van der Waals surface area contributed by atoms with Crippen LogP contribution in [0.15, 0.2) is 49.1 Å². The van der Waals surface area contributed by atoms with E-state index in [1.807, 2.05) is 25.4 Å². The van der Waals surface area contributed by atoms with E-state index < -0.39 is 0 Å². The highest BCUT2D eigenvalue weighted by molar-refractivity contribution is 5.92. The van der Waals surface area contributed by atoms with Gasteiger partial charge in [-0.05, 0) is 29.5 Å². The van der Waals surface area contributed by atoms with Gasteiger partial charge >= 0.3 is 0 Å². The molecule has 1 fully saturated rings. The molecule has 1 aromatic carbocycles. The van der Waals surface area contributed by atoms with Crippen molar-refractivity contribution in [2.75, 3.05) is 5.73 Å². The van der Waals surface area contributed by atoms with E-state index in [4.69, 9.17) is 5.73 Å². The number of Topliss-reactive ketones (excluding diaryl/α,β-unsaturated/α-hetero) is 1. The van der Waals surface area contributed by atoms with Crippen LogP contribution >= 0.6 is 0 Å². The Balaban J connectivity index is 1.58. The molecule has 132 valence electrons. The molecule has 2 heterocycles. The van der Waals surface area contributed by atoms with Crippen molar-refractivity contribution >= 4 is 11.7 Å². The molecule has 0 radical (unpaired) electrons. The number of hydrogen-bond acceptors (Lipinski definition) is 5. The number of nitrogen functional groups attached to an aromatic ring is 1. The molecule has 1 aliphatic rings. The molecule has 0 aliphatic heterocycles. The van der Waals surface area contributed by atoms with Crippen molar-refractivity contribution < 1.29 is 4.79 Å². The van der Waals surface area contributed by atoms with Crippen LogP contribution in [0, 0.1) is 0 Å². The molecule has 3 aromatic rings. The van der Waals surface area contributed by atoms with Gasteiger partial charge in [0.05, 0.1) is 11.6 Å². The van der Waals surface area contributed by atoms with Crippen LogP contribution in [0.2, 0.25) is 0 Å². The van der Waals surface area contributed by atoms with Crippen LogP contribution in [-0.4, -0.2) is 25.5 Å². The Kier molecular flexibility index (Phi) is 4.03. The van der Waals surface area contributed by atoms with E-state index in [-0.39, 0.29) is 17.1 Å². The fourth-order valence-corrected chi connectivity index (χ4v) is 3.65. The number of benzene rings is 1. The number of rotatable bonds is 5. The predicted molar refractivity (Wildman–Crippen MR) is 99.3 cm³/mol. The van der Waals surface area contributed by atoms with Crippen molar-refractivity contribution in [2.24, 2.45) is 7.05 Å². The molecule has 0 spiro atoms. The molecule has 0 saturated heterocycles. The lowest BCUT2D eigenvalue weighted by Gasteiger charge is -2.41. The van der Waals surface area contributed by atoms with Crippen molar-refractivity contribution in [3.05, 3.63) is 60.2 Å². The molecule has 26 heavy (non-hydrogen) atoms. The normalized spacial score (nSPS) is 15.4. The van der Waals surface area contributed by atoms with Crippen LogP contribution in [0.3, 0.4) is 0 Å². The van der Waals surface area contributed by atoms with Gasteiger partial charge in [-0.1, -0.05) is 30.7 Å². The number of aromatic nitrogens is 4. The van der Waals surface area contributed by atoms with Crippen molar-refractivity contribution in [3.63, 3.8) is 0 Å². The fraction of sp³-hybridized carbons (Fsp3) is 0.300. The van der Waals surface area contributed by atoms with Gasteiger partial charge in [0.1, 0.15) is 5.78 Å². The molecule has 0 bridgehead atoms. The minimum absolute atomic E-state index is 0.264. The Morgan fingerprint density at radius 3 is 2.35 bits per heavy atom. The summed E-state index contributed by atoms with van der Waals surface area (Å²) in [6.45, 7) is 0. The summed E-state index contributed by atoms with van der Waals surface area (Å²) in [7, 11) is 1.87. The number of anilines is 1. The van der Waals surface area contributed by atoms with Crippen LogP contribution in [0.25, 0.3) is 11.1 Å². The topological polar surface area (TPSA) is 86.7 Å². The molecule has 0 unspecified atom stereocenters. The maximum absolute atomic E-state index is 13.0. The summed E-state index contributed by atoms with van der Waals surface area (Å²) in [5.74, 6) is 0.542. The van der Waals surface area contributed by atoms with Gasteiger partial charge in [0.15, 0.2) is 0 Å². The van der Waals surface area contributed by atoms with E-state index in [1.165, 1.54) is 0 Å². The van der Waals surface area contributed by atoms with Crippen LogP contribution in [0.4, 0.5) is 5.95 Å². The number of aryl methyl sites for hydroxylation is 1. The summed E-state index contributed by atoms with van der Waals surface area (Å²) in [4.78, 5) is 21.1. The summed E-state index contributed by atoms with van der Waals surface area (Å²) in [6, 6.07) is 8.18. The highest BCUT2D eigenvalue weighted by Gasteiger charge is 2.44. The van der Waals surface area contributed by atoms with Crippen molar-refractivity contribution in [1.29, 1.82) is 0 Å². The van der Waals surface area contributed by atoms with Crippen LogP contribution in [-0.2, 0) is 23.7 Å². The smallest absolute Gasteiger partial charge is 0.219 e. The molecule has 6 nitrogen and oxygen atoms in total. The Morgan fingerprint density at radius 1 is 1.12 bits per heavy atom. The Bertz CT molecular complexity index is 924. The van der Waals surface area contributed by atoms with E-state index >= 15 is 0 Å². The largest absolute Gasteiger partial charge is 0.368 e. The molecule has 1 aliphatic carbocycles. The highest BCUT2D eigenvalue weighted by Crippen LogP contribution is 2.45. The number of nitrogens with two attached hydrogens (primary N) is 1. The minimum atomic E-state index is -0.355. The third kappa shape index (κ3) is 2.87. The van der Waals surface area contributed by atoms with E-state index in [0.29, 0.717) is 6.42 Å². The van der Waals surface area contributed by atoms with Crippen LogP contribution in [0.1, 0.15) is 30.4 Å². The Morgan fingerprint density at radius 2 is 1.81 bits per heavy atom. The van der Waals surface area contributed by atoms with Crippen LogP contribution < -0.4 is 5.73 Å². The lowest BCUT2D eigenvalue weighted by molar-refractivity contribution is -0.127. The lowest BCUT2D eigenvalue weighted by atomic mass is 9.61. The lowest BCUT2D eigenvalue weighted by Crippen LogP contribution is -2.43. The van der Waals surface area contributed by atoms with Crippen molar-refractivity contribution in [2.45, 2.75) is 31.1 Å². The first-order chi connectivity index (χ1) is 12.6. The molecule has 0 amide bonds. The second-order valence-electron chi connectivity index (χ2n) is 6.97. The quantitative estimate of drug-likeness (QED) is 0.767. The molecule has 6 heteroatoms. The molecule has 2 N–H and O–H groups in total. The summed E-state index contributed by atoms with van der Waals surface area (Å²) >= 11 is 0. The van der Waals surface area contributed by atoms with E-state index in [9.17, 15) is 4.79 Å². The van der Waals surface area contributed by atoms with Gasteiger partial charge in [-0.15, -0.1) is 0 Å². The Hall–Kier alpha value is -3.02. The molecular formula is C20H21N5O. The fourth-order valence-electron chi connectivity index (χ4n) is 3.65. The van der Waals surface area contributed by atoms with Gasteiger partial charge in [0.25, 0.3) is 0 Å². The average Bonchev–Trinajstić information content (AvgIpc) is 3.00. The third-order valence-corrected chi connectivity index (χ3v) is 5.31. The average molecular weight is 347 g/mol. The van der Waals surface area contributed by atoms with Gasteiger partial charge in [-0.3, -0.25) is 9.48 Å². The number of carbonyl (C=O) groups excluding carboxylic acids is 1. The minimum Gasteiger partial charge on any atom is -0.368 e. The van der Waals surface area contributed by atoms with Gasteiger partial charge < -0.3 is 5.73 Å². The number of ketones is 1. The first-order valence-electron chi connectivity index (χ1n) is 8.76. The van der Waals surface area contributed by atoms with Gasteiger partial charge in [0, 0.05) is 37.6 Å². The first kappa shape index (κ1) is 16.4. The zero-order chi connectivity index (χ0) is 18.1. The van der Waals surface area contributed by atoms with Gasteiger partial charge in [-0.2, -0.15) is 5.10 Å². The second kappa shape index (κ2) is 6.37. The number of hydrogen-bond donors (Lipinski definition) is 1. The maximum Gasteiger partial charge on any atom is 0.219 e. The molecule has 4 rings (SSSR count). The maximum atomic E-state index is 13.0. The first-order valence-corrected chi connectivity index (χ1v) is 8.76. The molecule has 2 aromatic heterocycles. The third-order valence-electron chi connectivity index (χ3n) is 5.31. The molecular weight excluding hydrogens is 326 g/mol. The standard InChI is InChI=1S/C20H21N5O/c1-25-13-14(10-24-25)9-18(26)20(7-2-8-20)17-5-3-15(4-6-17)16-11-22-19(21)23-12-16/h3-6,10-13H,2,7-9H2,1H3,(H2,21,22,23). The summed E-state index contributed by atoms with van der Waals surface area (Å²) in [6.07, 6.45) is 10.5. The Labute approximate surface area is 152 Å². The van der Waals surface area contributed by atoms with Crippen molar-refractivity contribution in [1.82, 2.24) is 19.7 Å². The summed E-state index contributed by atoms with van der Waals surface area (Å²) < 4.78 is 1.74. The predicted octanol–water partition coefficient (Wildman–Crippen LogP) is 2.69. The second-order valence-corrected chi connectivity index (χ2v) is 6.97. The number of nitrogens with zero attached hydrogens (tertiary/aromatic N) is 4. The zero-order valence-corrected chi connectivity index (χ0v) is 14.7. The summed E-state index contributed by atoms with van der Waals surface area (Å²) in [5, 5.41) is 4.16. The molecule has 0 atom stereocenters. The van der Waals surface area contributed by atoms with E-state index in [0.717, 1.165) is 41.5 Å². The monoisotopic (exact) mass is 347 g/mol. The zero-order valence-electron chi connectivity index (χ0n) is 14.7. The van der Waals surface area contributed by atoms with Gasteiger partial charge in [-0.25, -0.2) is 9.97 Å². The number of carbonyl (C=O) groups is 1. The molecule has 1 saturated carbocycles. The SMILES string of the molecule is Cn1cc(CC(=O)C2(c3ccc(-c4cnc(N)nc4)cc3)CCC2)cn1. The summed E-state index contributed by atoms with van der Waals surface area (Å²) in [5.41, 5.74) is 9.18.